The molecule has 0 unspecified atom stereocenters. The number of benzene rings is 3. The van der Waals surface area contributed by atoms with Crippen LogP contribution in [0.15, 0.2) is 76.2 Å². The minimum absolute atomic E-state index is 0.0395. The predicted octanol–water partition coefficient (Wildman–Crippen LogP) is 6.09. The Labute approximate surface area is 191 Å². The zero-order valence-electron chi connectivity index (χ0n) is 17.7. The lowest BCUT2D eigenvalue weighted by atomic mass is 10.1. The quantitative estimate of drug-likeness (QED) is 0.370. The smallest absolute Gasteiger partial charge is 0.265 e. The molecule has 1 heterocycles. The van der Waals surface area contributed by atoms with Gasteiger partial charge in [0.25, 0.3) is 10.0 Å². The first kappa shape index (κ1) is 21.9. The second-order valence-electron chi connectivity index (χ2n) is 7.31. The first-order valence-corrected chi connectivity index (χ1v) is 11.6. The summed E-state index contributed by atoms with van der Waals surface area (Å²) in [7, 11) is -2.49. The molecule has 8 heteroatoms. The van der Waals surface area contributed by atoms with Gasteiger partial charge in [-0.15, -0.1) is 0 Å². The largest absolute Gasteiger partial charge is 0.495 e. The van der Waals surface area contributed by atoms with Gasteiger partial charge in [-0.25, -0.2) is 13.4 Å². The lowest BCUT2D eigenvalue weighted by Gasteiger charge is -2.12. The molecule has 0 aliphatic rings. The highest BCUT2D eigenvalue weighted by molar-refractivity contribution is 7.92. The van der Waals surface area contributed by atoms with Gasteiger partial charge in [0.15, 0.2) is 0 Å². The Morgan fingerprint density at radius 3 is 2.34 bits per heavy atom. The van der Waals surface area contributed by atoms with E-state index in [9.17, 15) is 8.42 Å². The number of halogens is 1. The number of nitrogens with zero attached hydrogens (tertiary/aromatic N) is 1. The molecule has 4 rings (SSSR count). The number of hydrogen-bond donors (Lipinski definition) is 1. The Bertz CT molecular complexity index is 1380. The van der Waals surface area contributed by atoms with E-state index in [0.717, 1.165) is 16.8 Å². The van der Waals surface area contributed by atoms with Gasteiger partial charge in [0.2, 0.25) is 5.89 Å². The molecular formula is C24H21ClN2O4S. The van der Waals surface area contributed by atoms with E-state index in [-0.39, 0.29) is 10.6 Å². The van der Waals surface area contributed by atoms with E-state index >= 15 is 0 Å². The minimum atomic E-state index is -3.89. The van der Waals surface area contributed by atoms with Crippen LogP contribution in [-0.2, 0) is 10.0 Å². The second-order valence-corrected chi connectivity index (χ2v) is 9.40. The summed E-state index contributed by atoms with van der Waals surface area (Å²) >= 11 is 5.97. The van der Waals surface area contributed by atoms with Crippen LogP contribution in [0, 0.1) is 13.8 Å². The summed E-state index contributed by atoms with van der Waals surface area (Å²) in [6.07, 6.45) is 1.61. The summed E-state index contributed by atoms with van der Waals surface area (Å²) in [5.41, 5.74) is 5.22. The number of hydrogen-bond acceptors (Lipinski definition) is 5. The Kier molecular flexibility index (Phi) is 5.95. The molecule has 0 amide bonds. The molecule has 164 valence electrons. The molecule has 0 aliphatic carbocycles. The summed E-state index contributed by atoms with van der Waals surface area (Å²) in [5.74, 6) is 0.654. The average Bonchev–Trinajstić information content (AvgIpc) is 3.26. The zero-order chi connectivity index (χ0) is 22.9. The maximum Gasteiger partial charge on any atom is 0.265 e. The van der Waals surface area contributed by atoms with Crippen LogP contribution in [0.2, 0.25) is 5.02 Å². The van der Waals surface area contributed by atoms with Gasteiger partial charge in [0.05, 0.1) is 7.11 Å². The van der Waals surface area contributed by atoms with Crippen LogP contribution in [-0.4, -0.2) is 20.5 Å². The third kappa shape index (κ3) is 4.49. The van der Waals surface area contributed by atoms with Crippen molar-refractivity contribution < 1.29 is 17.6 Å². The number of rotatable bonds is 6. The third-order valence-corrected chi connectivity index (χ3v) is 6.74. The van der Waals surface area contributed by atoms with E-state index in [1.807, 2.05) is 6.07 Å². The molecule has 0 atom stereocenters. The number of aromatic nitrogens is 1. The summed E-state index contributed by atoms with van der Waals surface area (Å²) in [6.45, 7) is 4.12. The fourth-order valence-electron chi connectivity index (χ4n) is 3.19. The molecule has 0 bridgehead atoms. The normalized spacial score (nSPS) is 11.4. The summed E-state index contributed by atoms with van der Waals surface area (Å²) in [5, 5.41) is 0.296. The van der Waals surface area contributed by atoms with Crippen molar-refractivity contribution in [1.29, 1.82) is 0 Å². The Morgan fingerprint density at radius 2 is 1.66 bits per heavy atom. The van der Waals surface area contributed by atoms with Crippen LogP contribution in [0.4, 0.5) is 5.69 Å². The lowest BCUT2D eigenvalue weighted by molar-refractivity contribution is 0.403. The minimum Gasteiger partial charge on any atom is -0.495 e. The van der Waals surface area contributed by atoms with Gasteiger partial charge >= 0.3 is 0 Å². The topological polar surface area (TPSA) is 81.4 Å². The molecule has 32 heavy (non-hydrogen) atoms. The van der Waals surface area contributed by atoms with Crippen LogP contribution >= 0.6 is 11.6 Å². The van der Waals surface area contributed by atoms with Gasteiger partial charge in [-0.2, -0.15) is 0 Å². The molecule has 0 saturated carbocycles. The van der Waals surface area contributed by atoms with Gasteiger partial charge in [0.1, 0.15) is 22.6 Å². The molecule has 0 fully saturated rings. The summed E-state index contributed by atoms with van der Waals surface area (Å²) in [6, 6.07) is 17.3. The van der Waals surface area contributed by atoms with Crippen molar-refractivity contribution in [1.82, 2.24) is 4.98 Å². The van der Waals surface area contributed by atoms with E-state index < -0.39 is 10.0 Å². The van der Waals surface area contributed by atoms with Crippen molar-refractivity contribution in [3.8, 4) is 28.5 Å². The standard InChI is InChI=1S/C24H21ClN2O4S/c1-15-4-5-18(12-16(15)2)21-14-31-24(26-21)17-6-9-20(10-7-17)27-32(28,29)23-13-19(25)8-11-22(23)30-3/h4-14,27H,1-3H3. The molecule has 0 spiro atoms. The highest BCUT2D eigenvalue weighted by Crippen LogP contribution is 2.30. The van der Waals surface area contributed by atoms with E-state index in [2.05, 4.69) is 35.7 Å². The Balaban J connectivity index is 1.56. The van der Waals surface area contributed by atoms with Crippen LogP contribution in [0.1, 0.15) is 11.1 Å². The number of nitrogens with one attached hydrogen (secondary N) is 1. The van der Waals surface area contributed by atoms with Crippen LogP contribution in [0.25, 0.3) is 22.7 Å². The van der Waals surface area contributed by atoms with Crippen molar-refractivity contribution in [2.75, 3.05) is 11.8 Å². The maximum absolute atomic E-state index is 12.8. The molecule has 1 aromatic heterocycles. The third-order valence-electron chi connectivity index (χ3n) is 5.11. The number of methoxy groups -OCH3 is 1. The lowest BCUT2D eigenvalue weighted by Crippen LogP contribution is -2.14. The van der Waals surface area contributed by atoms with Crippen LogP contribution in [0.3, 0.4) is 0 Å². The van der Waals surface area contributed by atoms with E-state index in [4.69, 9.17) is 20.8 Å². The SMILES string of the molecule is COc1ccc(Cl)cc1S(=O)(=O)Nc1ccc(-c2nc(-c3ccc(C)c(C)c3)co2)cc1. The first-order chi connectivity index (χ1) is 15.3. The molecule has 0 saturated heterocycles. The van der Waals surface area contributed by atoms with Crippen LogP contribution in [0.5, 0.6) is 5.75 Å². The molecule has 0 radical (unpaired) electrons. The Morgan fingerprint density at radius 1 is 0.938 bits per heavy atom. The number of oxazole rings is 1. The molecule has 4 aromatic rings. The summed E-state index contributed by atoms with van der Waals surface area (Å²) < 4.78 is 39.0. The van der Waals surface area contributed by atoms with E-state index in [1.54, 1.807) is 36.6 Å². The Hall–Kier alpha value is -3.29. The fraction of sp³-hybridized carbons (Fsp3) is 0.125. The van der Waals surface area contributed by atoms with E-state index in [0.29, 0.717) is 16.6 Å². The molecular weight excluding hydrogens is 448 g/mol. The summed E-state index contributed by atoms with van der Waals surface area (Å²) in [4.78, 5) is 4.53. The molecule has 3 aromatic carbocycles. The first-order valence-electron chi connectivity index (χ1n) is 9.77. The van der Waals surface area contributed by atoms with Crippen molar-refractivity contribution in [2.24, 2.45) is 0 Å². The van der Waals surface area contributed by atoms with Crippen molar-refractivity contribution in [3.05, 3.63) is 83.1 Å². The monoisotopic (exact) mass is 468 g/mol. The van der Waals surface area contributed by atoms with Crippen molar-refractivity contribution in [2.45, 2.75) is 18.7 Å². The van der Waals surface area contributed by atoms with Crippen LogP contribution < -0.4 is 9.46 Å². The highest BCUT2D eigenvalue weighted by Gasteiger charge is 2.20. The number of ether oxygens (including phenoxy) is 1. The number of sulfonamides is 1. The van der Waals surface area contributed by atoms with Gasteiger partial charge in [0, 0.05) is 21.8 Å². The van der Waals surface area contributed by atoms with Gasteiger partial charge in [-0.3, -0.25) is 4.72 Å². The molecule has 6 nitrogen and oxygen atoms in total. The fourth-order valence-corrected chi connectivity index (χ4v) is 4.68. The molecule has 1 N–H and O–H groups in total. The van der Waals surface area contributed by atoms with E-state index in [1.165, 1.54) is 30.4 Å². The maximum atomic E-state index is 12.8. The highest BCUT2D eigenvalue weighted by atomic mass is 35.5. The second kappa shape index (κ2) is 8.68. The zero-order valence-corrected chi connectivity index (χ0v) is 19.3. The van der Waals surface area contributed by atoms with Gasteiger partial charge < -0.3 is 9.15 Å². The number of aryl methyl sites for hydroxylation is 2. The average molecular weight is 469 g/mol. The van der Waals surface area contributed by atoms with Gasteiger partial charge in [-0.05, 0) is 73.5 Å². The predicted molar refractivity (Wildman–Crippen MR) is 126 cm³/mol. The van der Waals surface area contributed by atoms with Crippen molar-refractivity contribution in [3.63, 3.8) is 0 Å². The number of anilines is 1. The van der Waals surface area contributed by atoms with Gasteiger partial charge in [-0.1, -0.05) is 23.7 Å². The van der Waals surface area contributed by atoms with Crippen molar-refractivity contribution >= 4 is 27.3 Å². The molecule has 0 aliphatic heterocycles.